The van der Waals surface area contributed by atoms with Gasteiger partial charge in [0.2, 0.25) is 0 Å². The quantitative estimate of drug-likeness (QED) is 0.359. The molecule has 0 aromatic heterocycles. The molecule has 0 bridgehead atoms. The molecule has 0 fully saturated rings. The molecule has 0 radical (unpaired) electrons. The van der Waals surface area contributed by atoms with Crippen molar-refractivity contribution in [2.45, 2.75) is 19.1 Å². The number of allylic oxidation sites excluding steroid dienone is 1. The van der Waals surface area contributed by atoms with Gasteiger partial charge in [0.05, 0.1) is 0 Å². The van der Waals surface area contributed by atoms with E-state index in [9.17, 15) is 0 Å². The van der Waals surface area contributed by atoms with Gasteiger partial charge in [0, 0.05) is 13.0 Å². The van der Waals surface area contributed by atoms with E-state index in [4.69, 9.17) is 15.9 Å². The Labute approximate surface area is 54.8 Å². The van der Waals surface area contributed by atoms with E-state index < -0.39 is 6.29 Å². The highest BCUT2D eigenvalue weighted by Crippen LogP contribution is 1.93. The van der Waals surface area contributed by atoms with Crippen molar-refractivity contribution in [3.8, 4) is 0 Å². The van der Waals surface area contributed by atoms with E-state index in [-0.39, 0.29) is 0 Å². The Hall–Kier alpha value is -0.380. The summed E-state index contributed by atoms with van der Waals surface area (Å²) in [6.45, 7) is 0.515. The van der Waals surface area contributed by atoms with E-state index in [0.717, 1.165) is 0 Å². The predicted octanol–water partition coefficient (Wildman–Crippen LogP) is -0.408. The molecule has 3 heteroatoms. The molecule has 9 heavy (non-hydrogen) atoms. The first-order valence-electron chi connectivity index (χ1n) is 2.98. The number of rotatable bonds is 4. The maximum atomic E-state index is 8.34. The van der Waals surface area contributed by atoms with E-state index in [2.05, 4.69) is 0 Å². The van der Waals surface area contributed by atoms with Gasteiger partial charge in [0.15, 0.2) is 6.29 Å². The van der Waals surface area contributed by atoms with Gasteiger partial charge in [-0.15, -0.1) is 0 Å². The SMILES string of the molecule is NCC=CCCC(O)O. The molecule has 0 saturated carbocycles. The van der Waals surface area contributed by atoms with E-state index >= 15 is 0 Å². The fourth-order valence-electron chi connectivity index (χ4n) is 0.459. The molecule has 0 spiro atoms. The summed E-state index contributed by atoms with van der Waals surface area (Å²) >= 11 is 0. The number of aliphatic hydroxyl groups excluding tert-OH is 1. The van der Waals surface area contributed by atoms with Crippen LogP contribution in [0.1, 0.15) is 12.8 Å². The Bertz CT molecular complexity index is 81.1. The third-order valence-corrected chi connectivity index (χ3v) is 0.894. The van der Waals surface area contributed by atoms with Crippen molar-refractivity contribution in [3.05, 3.63) is 12.2 Å². The zero-order valence-corrected chi connectivity index (χ0v) is 5.33. The molecule has 0 unspecified atom stereocenters. The lowest BCUT2D eigenvalue weighted by Gasteiger charge is -1.96. The molecule has 0 atom stereocenters. The molecule has 0 aliphatic heterocycles. The number of hydrogen-bond acceptors (Lipinski definition) is 3. The molecule has 0 amide bonds. The van der Waals surface area contributed by atoms with Gasteiger partial charge in [0.25, 0.3) is 0 Å². The van der Waals surface area contributed by atoms with Crippen LogP contribution in [0.5, 0.6) is 0 Å². The largest absolute Gasteiger partial charge is 0.368 e. The molecule has 0 aromatic carbocycles. The lowest BCUT2D eigenvalue weighted by atomic mass is 10.3. The monoisotopic (exact) mass is 131 g/mol. The predicted molar refractivity (Wildman–Crippen MR) is 35.7 cm³/mol. The molecule has 4 N–H and O–H groups in total. The summed E-state index contributed by atoms with van der Waals surface area (Å²) in [5.41, 5.74) is 5.13. The molecular formula is C6H13NO2. The minimum absolute atomic E-state index is 0.385. The fraction of sp³-hybridized carbons (Fsp3) is 0.667. The van der Waals surface area contributed by atoms with Crippen LogP contribution in [0, 0.1) is 0 Å². The van der Waals surface area contributed by atoms with Gasteiger partial charge in [-0.3, -0.25) is 0 Å². The zero-order valence-electron chi connectivity index (χ0n) is 5.33. The third kappa shape index (κ3) is 7.62. The smallest absolute Gasteiger partial charge is 0.151 e. The Kier molecular flexibility index (Phi) is 5.51. The van der Waals surface area contributed by atoms with Gasteiger partial charge in [-0.2, -0.15) is 0 Å². The van der Waals surface area contributed by atoms with Crippen LogP contribution in [0.3, 0.4) is 0 Å². The van der Waals surface area contributed by atoms with Gasteiger partial charge in [-0.05, 0) is 6.42 Å². The van der Waals surface area contributed by atoms with E-state index in [1.807, 2.05) is 6.08 Å². The standard InChI is InChI=1S/C6H13NO2/c7-5-3-1-2-4-6(8)9/h1,3,6,8-9H,2,4-5,7H2. The fourth-order valence-corrected chi connectivity index (χ4v) is 0.459. The van der Waals surface area contributed by atoms with Crippen LogP contribution >= 0.6 is 0 Å². The molecule has 0 aliphatic rings. The third-order valence-electron chi connectivity index (χ3n) is 0.894. The second-order valence-electron chi connectivity index (χ2n) is 1.77. The minimum atomic E-state index is -1.19. The number of nitrogens with two attached hydrogens (primary N) is 1. The first-order valence-corrected chi connectivity index (χ1v) is 2.98. The van der Waals surface area contributed by atoms with Crippen molar-refractivity contribution in [1.82, 2.24) is 0 Å². The highest BCUT2D eigenvalue weighted by atomic mass is 16.5. The molecule has 54 valence electrons. The molecule has 0 aliphatic carbocycles. The van der Waals surface area contributed by atoms with Gasteiger partial charge in [-0.25, -0.2) is 0 Å². The van der Waals surface area contributed by atoms with Crippen LogP contribution < -0.4 is 5.73 Å². The van der Waals surface area contributed by atoms with Gasteiger partial charge < -0.3 is 15.9 Å². The summed E-state index contributed by atoms with van der Waals surface area (Å²) in [5.74, 6) is 0. The van der Waals surface area contributed by atoms with Crippen LogP contribution in [0.4, 0.5) is 0 Å². The Morgan fingerprint density at radius 1 is 1.33 bits per heavy atom. The Balaban J connectivity index is 2.99. The van der Waals surface area contributed by atoms with Crippen LogP contribution in [0.25, 0.3) is 0 Å². The first-order chi connectivity index (χ1) is 4.27. The van der Waals surface area contributed by atoms with Crippen LogP contribution in [0.2, 0.25) is 0 Å². The average molecular weight is 131 g/mol. The maximum Gasteiger partial charge on any atom is 0.151 e. The molecule has 0 heterocycles. The van der Waals surface area contributed by atoms with E-state index in [0.29, 0.717) is 19.4 Å². The summed E-state index contributed by atoms with van der Waals surface area (Å²) in [5, 5.41) is 16.7. The van der Waals surface area contributed by atoms with Crippen LogP contribution in [-0.2, 0) is 0 Å². The summed E-state index contributed by atoms with van der Waals surface area (Å²) in [6.07, 6.45) is 3.50. The highest BCUT2D eigenvalue weighted by Gasteiger charge is 1.91. The van der Waals surface area contributed by atoms with Crippen molar-refractivity contribution in [3.63, 3.8) is 0 Å². The minimum Gasteiger partial charge on any atom is -0.368 e. The Morgan fingerprint density at radius 3 is 2.44 bits per heavy atom. The van der Waals surface area contributed by atoms with Gasteiger partial charge in [-0.1, -0.05) is 12.2 Å². The lowest BCUT2D eigenvalue weighted by Crippen LogP contribution is -2.02. The van der Waals surface area contributed by atoms with E-state index in [1.54, 1.807) is 6.08 Å². The van der Waals surface area contributed by atoms with Crippen molar-refractivity contribution in [1.29, 1.82) is 0 Å². The van der Waals surface area contributed by atoms with Crippen molar-refractivity contribution in [2.75, 3.05) is 6.54 Å². The molecular weight excluding hydrogens is 118 g/mol. The number of hydrogen-bond donors (Lipinski definition) is 3. The number of aliphatic hydroxyl groups is 2. The van der Waals surface area contributed by atoms with Crippen LogP contribution in [-0.4, -0.2) is 23.0 Å². The van der Waals surface area contributed by atoms with Gasteiger partial charge >= 0.3 is 0 Å². The van der Waals surface area contributed by atoms with Crippen molar-refractivity contribution in [2.24, 2.45) is 5.73 Å². The van der Waals surface area contributed by atoms with Crippen LogP contribution in [0.15, 0.2) is 12.2 Å². The van der Waals surface area contributed by atoms with Crippen molar-refractivity contribution < 1.29 is 10.2 Å². The zero-order chi connectivity index (χ0) is 7.11. The second kappa shape index (κ2) is 5.75. The molecule has 0 saturated heterocycles. The summed E-state index contributed by atoms with van der Waals surface area (Å²) in [7, 11) is 0. The molecule has 0 rings (SSSR count). The normalized spacial score (nSPS) is 11.6. The average Bonchev–Trinajstić information content (AvgIpc) is 1.80. The first kappa shape index (κ1) is 8.62. The lowest BCUT2D eigenvalue weighted by molar-refractivity contribution is -0.0442. The van der Waals surface area contributed by atoms with Crippen molar-refractivity contribution >= 4 is 0 Å². The molecule has 0 aromatic rings. The maximum absolute atomic E-state index is 8.34. The highest BCUT2D eigenvalue weighted by molar-refractivity contribution is 4.82. The van der Waals surface area contributed by atoms with Gasteiger partial charge in [0.1, 0.15) is 0 Å². The summed E-state index contributed by atoms with van der Waals surface area (Å²) in [4.78, 5) is 0. The molecule has 3 nitrogen and oxygen atoms in total. The Morgan fingerprint density at radius 2 is 2.00 bits per heavy atom. The summed E-state index contributed by atoms with van der Waals surface area (Å²) < 4.78 is 0. The van der Waals surface area contributed by atoms with E-state index in [1.165, 1.54) is 0 Å². The second-order valence-corrected chi connectivity index (χ2v) is 1.77. The summed E-state index contributed by atoms with van der Waals surface area (Å²) in [6, 6.07) is 0. The topological polar surface area (TPSA) is 66.5 Å².